The summed E-state index contributed by atoms with van der Waals surface area (Å²) in [6.07, 6.45) is 1.62. The Morgan fingerprint density at radius 2 is 1.62 bits per heavy atom. The van der Waals surface area contributed by atoms with E-state index in [2.05, 4.69) is 4.98 Å². The van der Waals surface area contributed by atoms with Gasteiger partial charge < -0.3 is 0 Å². The smallest absolute Gasteiger partial charge is 0.223 e. The number of aromatic nitrogens is 1. The van der Waals surface area contributed by atoms with Gasteiger partial charge in [-0.3, -0.25) is 0 Å². The van der Waals surface area contributed by atoms with Crippen LogP contribution in [0.15, 0.2) is 62.7 Å². The van der Waals surface area contributed by atoms with Crippen molar-refractivity contribution < 1.29 is 21.2 Å². The van der Waals surface area contributed by atoms with Crippen LogP contribution in [0.4, 0.5) is 4.39 Å². The maximum absolute atomic E-state index is 13.2. The fraction of sp³-hybridized carbons (Fsp3) is 0.211. The van der Waals surface area contributed by atoms with E-state index in [-0.39, 0.29) is 25.8 Å². The molecule has 3 aromatic rings. The molecule has 1 aliphatic carbocycles. The molecular weight excluding hydrogens is 457 g/mol. The zero-order chi connectivity index (χ0) is 20.8. The van der Waals surface area contributed by atoms with Gasteiger partial charge in [0.05, 0.1) is 10.6 Å². The Bertz CT molecular complexity index is 1260. The molecule has 1 fully saturated rings. The van der Waals surface area contributed by atoms with E-state index in [4.69, 9.17) is 11.6 Å². The van der Waals surface area contributed by atoms with Crippen LogP contribution in [0, 0.1) is 11.7 Å². The Morgan fingerprint density at radius 1 is 1.00 bits per heavy atom. The second kappa shape index (κ2) is 7.46. The summed E-state index contributed by atoms with van der Waals surface area (Å²) in [5.74, 6) is -0.658. The van der Waals surface area contributed by atoms with Crippen molar-refractivity contribution in [2.45, 2.75) is 27.0 Å². The van der Waals surface area contributed by atoms with Gasteiger partial charge in [0.1, 0.15) is 10.8 Å². The van der Waals surface area contributed by atoms with Crippen LogP contribution < -0.4 is 0 Å². The lowest BCUT2D eigenvalue weighted by atomic mass is 10.2. The molecule has 1 aliphatic rings. The molecular formula is C19H15ClFNO4S3. The van der Waals surface area contributed by atoms with Gasteiger partial charge in [-0.2, -0.15) is 0 Å². The van der Waals surface area contributed by atoms with Crippen molar-refractivity contribution in [2.24, 2.45) is 5.92 Å². The van der Waals surface area contributed by atoms with Gasteiger partial charge in [0.15, 0.2) is 19.1 Å². The lowest BCUT2D eigenvalue weighted by Crippen LogP contribution is -2.12. The third kappa shape index (κ3) is 4.23. The number of nitrogens with zero attached hydrogens (tertiary/aromatic N) is 1. The minimum atomic E-state index is -4.25. The minimum absolute atomic E-state index is 0.0439. The minimum Gasteiger partial charge on any atom is -0.223 e. The Balaban J connectivity index is 1.88. The van der Waals surface area contributed by atoms with Gasteiger partial charge in [0.25, 0.3) is 0 Å². The second-order valence-corrected chi connectivity index (χ2v) is 12.3. The Labute approximate surface area is 177 Å². The molecule has 0 atom stereocenters. The van der Waals surface area contributed by atoms with Gasteiger partial charge in [-0.15, -0.1) is 11.3 Å². The van der Waals surface area contributed by atoms with Crippen LogP contribution in [-0.4, -0.2) is 27.6 Å². The largest absolute Gasteiger partial charge is 0.226 e. The van der Waals surface area contributed by atoms with Crippen LogP contribution in [0.3, 0.4) is 0 Å². The Hall–Kier alpha value is -1.81. The first-order valence-corrected chi connectivity index (χ1v) is 13.0. The Kier molecular flexibility index (Phi) is 5.27. The molecule has 1 heterocycles. The van der Waals surface area contributed by atoms with Gasteiger partial charge in [-0.25, -0.2) is 26.2 Å². The molecule has 0 bridgehead atoms. The van der Waals surface area contributed by atoms with E-state index in [9.17, 15) is 21.2 Å². The average Bonchev–Trinajstić information content (AvgIpc) is 3.34. The Morgan fingerprint density at radius 3 is 2.21 bits per heavy atom. The quantitative estimate of drug-likeness (QED) is 0.490. The monoisotopic (exact) mass is 471 g/mol. The number of halogens is 2. The summed E-state index contributed by atoms with van der Waals surface area (Å²) in [6.45, 7) is 0. The lowest BCUT2D eigenvalue weighted by Gasteiger charge is -2.05. The zero-order valence-corrected chi connectivity index (χ0v) is 18.1. The van der Waals surface area contributed by atoms with Gasteiger partial charge in [-0.05, 0) is 55.2 Å². The summed E-state index contributed by atoms with van der Waals surface area (Å²) in [5.41, 5.74) is 0.558. The fourth-order valence-corrected chi connectivity index (χ4v) is 8.33. The van der Waals surface area contributed by atoms with Gasteiger partial charge in [-0.1, -0.05) is 23.7 Å². The SMILES string of the molecule is O=S(=O)(CC1CC1)c1sc(-c2ccc(Cl)cc2)nc1S(=O)(=O)c1ccc(F)cc1. The number of hydrogen-bond acceptors (Lipinski definition) is 6. The van der Waals surface area contributed by atoms with Crippen LogP contribution >= 0.6 is 22.9 Å². The van der Waals surface area contributed by atoms with Gasteiger partial charge in [0, 0.05) is 10.6 Å². The highest BCUT2D eigenvalue weighted by Crippen LogP contribution is 2.40. The van der Waals surface area contributed by atoms with E-state index < -0.39 is 30.5 Å². The third-order valence-corrected chi connectivity index (χ3v) is 10.3. The maximum Gasteiger partial charge on any atom is 0.226 e. The number of thiazole rings is 1. The zero-order valence-electron chi connectivity index (χ0n) is 14.9. The molecule has 0 amide bonds. The predicted molar refractivity (Wildman–Crippen MR) is 109 cm³/mol. The first-order chi connectivity index (χ1) is 13.7. The molecule has 1 aromatic heterocycles. The van der Waals surface area contributed by atoms with E-state index in [1.165, 1.54) is 0 Å². The molecule has 0 N–H and O–H groups in total. The molecule has 29 heavy (non-hydrogen) atoms. The summed E-state index contributed by atoms with van der Waals surface area (Å²) in [7, 11) is -8.10. The summed E-state index contributed by atoms with van der Waals surface area (Å²) in [6, 6.07) is 10.7. The van der Waals surface area contributed by atoms with Crippen LogP contribution in [-0.2, 0) is 19.7 Å². The number of benzene rings is 2. The molecule has 5 nitrogen and oxygen atoms in total. The van der Waals surface area contributed by atoms with Crippen LogP contribution in [0.1, 0.15) is 12.8 Å². The van der Waals surface area contributed by atoms with Gasteiger partial charge >= 0.3 is 0 Å². The third-order valence-electron chi connectivity index (χ3n) is 4.47. The first-order valence-electron chi connectivity index (χ1n) is 8.67. The van der Waals surface area contributed by atoms with Crippen molar-refractivity contribution in [3.63, 3.8) is 0 Å². The first kappa shape index (κ1) is 20.5. The highest BCUT2D eigenvalue weighted by Gasteiger charge is 2.37. The summed E-state index contributed by atoms with van der Waals surface area (Å²) >= 11 is 6.72. The second-order valence-electron chi connectivity index (χ2n) is 6.80. The van der Waals surface area contributed by atoms with Crippen LogP contribution in [0.5, 0.6) is 0 Å². The molecule has 0 radical (unpaired) electrons. The van der Waals surface area contributed by atoms with Crippen LogP contribution in [0.2, 0.25) is 5.02 Å². The standard InChI is InChI=1S/C19H15ClFNO4S3/c20-14-5-3-13(4-6-14)17-22-18(19(27-17)28(23,24)11-12-1-2-12)29(25,26)16-9-7-15(21)8-10-16/h3-10,12H,1-2,11H2. The van der Waals surface area contributed by atoms with E-state index in [1.807, 2.05) is 0 Å². The average molecular weight is 472 g/mol. The van der Waals surface area contributed by atoms with Crippen molar-refractivity contribution in [2.75, 3.05) is 5.75 Å². The van der Waals surface area contributed by atoms with Crippen LogP contribution in [0.25, 0.3) is 10.6 Å². The fourth-order valence-electron chi connectivity index (χ4n) is 2.77. The molecule has 10 heteroatoms. The molecule has 0 saturated heterocycles. The summed E-state index contributed by atoms with van der Waals surface area (Å²) in [4.78, 5) is 3.98. The predicted octanol–water partition coefficient (Wildman–Crippen LogP) is 4.62. The van der Waals surface area contributed by atoms with Crippen molar-refractivity contribution in [1.82, 2.24) is 4.98 Å². The number of hydrogen-bond donors (Lipinski definition) is 0. The molecule has 0 spiro atoms. The maximum atomic E-state index is 13.2. The molecule has 2 aromatic carbocycles. The molecule has 1 saturated carbocycles. The molecule has 0 aliphatic heterocycles. The highest BCUT2D eigenvalue weighted by molar-refractivity contribution is 7.96. The highest BCUT2D eigenvalue weighted by atomic mass is 35.5. The number of rotatable bonds is 6. The topological polar surface area (TPSA) is 81.2 Å². The molecule has 152 valence electrons. The van der Waals surface area contributed by atoms with Crippen molar-refractivity contribution in [3.05, 3.63) is 59.4 Å². The molecule has 4 rings (SSSR count). The summed E-state index contributed by atoms with van der Waals surface area (Å²) in [5, 5.41) is 0.238. The normalized spacial score (nSPS) is 14.8. The van der Waals surface area contributed by atoms with E-state index in [0.29, 0.717) is 10.6 Å². The summed E-state index contributed by atoms with van der Waals surface area (Å²) < 4.78 is 65.2. The van der Waals surface area contributed by atoms with Crippen molar-refractivity contribution in [3.8, 4) is 10.6 Å². The van der Waals surface area contributed by atoms with E-state index in [0.717, 1.165) is 48.4 Å². The number of sulfone groups is 2. The molecule has 0 unspecified atom stereocenters. The van der Waals surface area contributed by atoms with Crippen molar-refractivity contribution >= 4 is 42.6 Å². The van der Waals surface area contributed by atoms with E-state index in [1.54, 1.807) is 24.3 Å². The van der Waals surface area contributed by atoms with Gasteiger partial charge in [0.2, 0.25) is 9.84 Å². The lowest BCUT2D eigenvalue weighted by molar-refractivity contribution is 0.579. The van der Waals surface area contributed by atoms with Crippen molar-refractivity contribution in [1.29, 1.82) is 0 Å². The van der Waals surface area contributed by atoms with E-state index >= 15 is 0 Å².